The Hall–Kier alpha value is -3.61. The molecule has 0 fully saturated rings. The quantitative estimate of drug-likeness (QED) is 0.456. The summed E-state index contributed by atoms with van der Waals surface area (Å²) < 4.78 is 37.3. The topological polar surface area (TPSA) is 64.6 Å². The molecule has 1 aliphatic heterocycles. The first kappa shape index (κ1) is 21.6. The summed E-state index contributed by atoms with van der Waals surface area (Å²) in [5, 5.41) is 0. The normalized spacial score (nSPS) is 12.0. The first-order valence-corrected chi connectivity index (χ1v) is 11.6. The third kappa shape index (κ3) is 5.55. The van der Waals surface area contributed by atoms with Crippen LogP contribution in [0.5, 0.6) is 11.5 Å². The first-order chi connectivity index (χ1) is 15.6. The minimum atomic E-state index is -3.57. The second-order valence-electron chi connectivity index (χ2n) is 7.06. The standard InChI is InChI=1S/C14H13NO4S.C12H10/c16-20(17,15-9-11-4-2-1-3-5-11)12-6-7-13-14(8-12)19-10-18-13;1-3-7-11(8-4-1)12-9-5-2-6-10-12/h1-8,15H,9-10H2;1-10H. The lowest BCUT2D eigenvalue weighted by atomic mass is 10.1. The fourth-order valence-electron chi connectivity index (χ4n) is 3.16. The van der Waals surface area contributed by atoms with Gasteiger partial charge in [-0.1, -0.05) is 91.0 Å². The summed E-state index contributed by atoms with van der Waals surface area (Å²) in [6.45, 7) is 0.369. The van der Waals surface area contributed by atoms with Gasteiger partial charge in [0.1, 0.15) is 0 Å². The lowest BCUT2D eigenvalue weighted by Gasteiger charge is -2.07. The van der Waals surface area contributed by atoms with Crippen LogP contribution in [0.4, 0.5) is 0 Å². The van der Waals surface area contributed by atoms with E-state index in [0.717, 1.165) is 5.56 Å². The largest absolute Gasteiger partial charge is 0.454 e. The number of sulfonamides is 1. The molecule has 0 saturated carbocycles. The maximum Gasteiger partial charge on any atom is 0.241 e. The third-order valence-corrected chi connectivity index (χ3v) is 6.24. The summed E-state index contributed by atoms with van der Waals surface area (Å²) in [5.74, 6) is 1.01. The molecule has 0 aromatic heterocycles. The van der Waals surface area contributed by atoms with Crippen LogP contribution in [0, 0.1) is 0 Å². The molecule has 4 aromatic carbocycles. The molecular weight excluding hydrogens is 422 g/mol. The van der Waals surface area contributed by atoms with E-state index in [-0.39, 0.29) is 18.2 Å². The van der Waals surface area contributed by atoms with Gasteiger partial charge in [-0.15, -0.1) is 0 Å². The zero-order valence-corrected chi connectivity index (χ0v) is 18.2. The van der Waals surface area contributed by atoms with E-state index in [4.69, 9.17) is 9.47 Å². The van der Waals surface area contributed by atoms with Gasteiger partial charge in [0.15, 0.2) is 11.5 Å². The van der Waals surface area contributed by atoms with Gasteiger partial charge in [-0.3, -0.25) is 0 Å². The van der Waals surface area contributed by atoms with Crippen molar-refractivity contribution >= 4 is 10.0 Å². The Morgan fingerprint density at radius 3 is 1.78 bits per heavy atom. The second-order valence-corrected chi connectivity index (χ2v) is 8.82. The molecule has 0 unspecified atom stereocenters. The number of rotatable bonds is 5. The Labute approximate surface area is 188 Å². The fraction of sp³-hybridized carbons (Fsp3) is 0.0769. The molecule has 1 N–H and O–H groups in total. The van der Waals surface area contributed by atoms with E-state index in [1.807, 2.05) is 42.5 Å². The van der Waals surface area contributed by atoms with Crippen LogP contribution in [0.3, 0.4) is 0 Å². The van der Waals surface area contributed by atoms with Gasteiger partial charge in [0.2, 0.25) is 16.8 Å². The minimum Gasteiger partial charge on any atom is -0.454 e. The van der Waals surface area contributed by atoms with Crippen molar-refractivity contribution in [2.24, 2.45) is 0 Å². The molecule has 6 heteroatoms. The SMILES string of the molecule is O=S(=O)(NCc1ccccc1)c1ccc2c(c1)OCO2.c1ccc(-c2ccccc2)cc1. The Bertz CT molecular complexity index is 1210. The number of hydrogen-bond donors (Lipinski definition) is 1. The summed E-state index contributed by atoms with van der Waals surface area (Å²) in [6.07, 6.45) is 0. The highest BCUT2D eigenvalue weighted by Crippen LogP contribution is 2.33. The van der Waals surface area contributed by atoms with E-state index < -0.39 is 10.0 Å². The van der Waals surface area contributed by atoms with Crippen LogP contribution in [0.1, 0.15) is 5.56 Å². The summed E-state index contributed by atoms with van der Waals surface area (Å²) in [5.41, 5.74) is 3.45. The van der Waals surface area contributed by atoms with E-state index in [0.29, 0.717) is 11.5 Å². The molecule has 0 spiro atoms. The highest BCUT2D eigenvalue weighted by atomic mass is 32.2. The van der Waals surface area contributed by atoms with Crippen LogP contribution in [0.25, 0.3) is 11.1 Å². The van der Waals surface area contributed by atoms with Crippen molar-refractivity contribution in [3.8, 4) is 22.6 Å². The maximum atomic E-state index is 12.2. The lowest BCUT2D eigenvalue weighted by molar-refractivity contribution is 0.174. The van der Waals surface area contributed by atoms with Gasteiger partial charge in [0.05, 0.1) is 4.90 Å². The molecule has 5 nitrogen and oxygen atoms in total. The predicted octanol–water partition coefficient (Wildman–Crippen LogP) is 5.25. The van der Waals surface area contributed by atoms with Crippen molar-refractivity contribution in [1.82, 2.24) is 4.72 Å². The van der Waals surface area contributed by atoms with Crippen LogP contribution in [-0.2, 0) is 16.6 Å². The van der Waals surface area contributed by atoms with Crippen molar-refractivity contribution in [1.29, 1.82) is 0 Å². The number of ether oxygens (including phenoxy) is 2. The van der Waals surface area contributed by atoms with Gasteiger partial charge in [-0.25, -0.2) is 13.1 Å². The number of hydrogen-bond acceptors (Lipinski definition) is 4. The maximum absolute atomic E-state index is 12.2. The zero-order valence-electron chi connectivity index (χ0n) is 17.3. The number of benzene rings is 4. The Kier molecular flexibility index (Phi) is 6.84. The lowest BCUT2D eigenvalue weighted by Crippen LogP contribution is -2.23. The van der Waals surface area contributed by atoms with Gasteiger partial charge in [0, 0.05) is 12.6 Å². The average molecular weight is 446 g/mol. The Balaban J connectivity index is 0.000000174. The summed E-state index contributed by atoms with van der Waals surface area (Å²) in [6, 6.07) is 34.7. The average Bonchev–Trinajstić information content (AvgIpc) is 3.33. The molecule has 32 heavy (non-hydrogen) atoms. The molecule has 0 atom stereocenters. The summed E-state index contributed by atoms with van der Waals surface area (Å²) in [4.78, 5) is 0.165. The number of fused-ring (bicyclic) bond motifs is 1. The van der Waals surface area contributed by atoms with Crippen LogP contribution >= 0.6 is 0 Å². The van der Waals surface area contributed by atoms with E-state index in [1.54, 1.807) is 6.07 Å². The molecule has 0 saturated heterocycles. The van der Waals surface area contributed by atoms with Gasteiger partial charge < -0.3 is 9.47 Å². The van der Waals surface area contributed by atoms with Crippen LogP contribution in [0.2, 0.25) is 0 Å². The molecule has 1 aliphatic rings. The molecule has 162 valence electrons. The first-order valence-electron chi connectivity index (χ1n) is 10.2. The molecule has 0 radical (unpaired) electrons. The molecule has 4 aromatic rings. The van der Waals surface area contributed by atoms with Crippen LogP contribution in [0.15, 0.2) is 114 Å². The minimum absolute atomic E-state index is 0.121. The van der Waals surface area contributed by atoms with Crippen molar-refractivity contribution in [3.05, 3.63) is 115 Å². The van der Waals surface area contributed by atoms with Gasteiger partial charge in [-0.2, -0.15) is 0 Å². The predicted molar refractivity (Wildman–Crippen MR) is 125 cm³/mol. The number of nitrogens with one attached hydrogen (secondary N) is 1. The van der Waals surface area contributed by atoms with Crippen molar-refractivity contribution in [2.75, 3.05) is 6.79 Å². The van der Waals surface area contributed by atoms with E-state index in [2.05, 4.69) is 53.3 Å². The van der Waals surface area contributed by atoms with Crippen molar-refractivity contribution < 1.29 is 17.9 Å². The smallest absolute Gasteiger partial charge is 0.241 e. The monoisotopic (exact) mass is 445 g/mol. The fourth-order valence-corrected chi connectivity index (χ4v) is 4.20. The van der Waals surface area contributed by atoms with Gasteiger partial charge in [-0.05, 0) is 28.8 Å². The zero-order chi connectivity index (χ0) is 22.2. The molecule has 5 rings (SSSR count). The van der Waals surface area contributed by atoms with Crippen LogP contribution in [-0.4, -0.2) is 15.2 Å². The van der Waals surface area contributed by atoms with Crippen molar-refractivity contribution in [3.63, 3.8) is 0 Å². The third-order valence-electron chi connectivity index (χ3n) is 4.84. The molecular formula is C26H23NO4S. The highest BCUT2D eigenvalue weighted by molar-refractivity contribution is 7.89. The van der Waals surface area contributed by atoms with Gasteiger partial charge in [0.25, 0.3) is 0 Å². The van der Waals surface area contributed by atoms with Crippen molar-refractivity contribution in [2.45, 2.75) is 11.4 Å². The molecule has 0 aliphatic carbocycles. The van der Waals surface area contributed by atoms with E-state index in [1.165, 1.54) is 23.3 Å². The Morgan fingerprint density at radius 2 is 1.19 bits per heavy atom. The summed E-state index contributed by atoms with van der Waals surface area (Å²) in [7, 11) is -3.57. The molecule has 1 heterocycles. The molecule has 0 amide bonds. The van der Waals surface area contributed by atoms with Crippen LogP contribution < -0.4 is 14.2 Å². The van der Waals surface area contributed by atoms with E-state index in [9.17, 15) is 8.42 Å². The summed E-state index contributed by atoms with van der Waals surface area (Å²) >= 11 is 0. The second kappa shape index (κ2) is 10.1. The van der Waals surface area contributed by atoms with Gasteiger partial charge >= 0.3 is 0 Å². The highest BCUT2D eigenvalue weighted by Gasteiger charge is 2.19. The van der Waals surface area contributed by atoms with E-state index >= 15 is 0 Å². The Morgan fingerprint density at radius 1 is 0.656 bits per heavy atom. The molecule has 0 bridgehead atoms.